The molecule has 0 spiro atoms. The number of hydrogen-bond acceptors (Lipinski definition) is 11. The van der Waals surface area contributed by atoms with E-state index in [-0.39, 0.29) is 68.6 Å². The molecule has 2 aromatic carbocycles. The molecule has 25 heteroatoms. The number of anilines is 2. The molecule has 7 N–H and O–H groups in total. The van der Waals surface area contributed by atoms with Crippen molar-refractivity contribution in [3.05, 3.63) is 112 Å². The van der Waals surface area contributed by atoms with Crippen molar-refractivity contribution in [2.24, 2.45) is 5.11 Å². The summed E-state index contributed by atoms with van der Waals surface area (Å²) >= 11 is 35.4. The molecule has 0 saturated carbocycles. The van der Waals surface area contributed by atoms with Gasteiger partial charge in [0.25, 0.3) is 11.8 Å². The molecule has 5 aromatic rings. The molecule has 0 radical (unpaired) electrons. The average molecular weight is 1080 g/mol. The first-order valence-electron chi connectivity index (χ1n) is 20.9. The lowest BCUT2D eigenvalue weighted by atomic mass is 10.1. The average Bonchev–Trinajstić information content (AvgIpc) is 3.98. The molecule has 3 aromatic heterocycles. The van der Waals surface area contributed by atoms with Crippen molar-refractivity contribution in [2.45, 2.75) is 97.1 Å². The summed E-state index contributed by atoms with van der Waals surface area (Å²) in [4.78, 5) is 49.7. The summed E-state index contributed by atoms with van der Waals surface area (Å²) < 4.78 is 8.21. The van der Waals surface area contributed by atoms with Crippen molar-refractivity contribution < 1.29 is 19.1 Å². The molecule has 0 atom stereocenters. The predicted octanol–water partition coefficient (Wildman–Crippen LogP) is 11.0. The zero-order valence-corrected chi connectivity index (χ0v) is 42.9. The SMILES string of the molecule is C#CCCCCCc1cn(C(=O)OC(C)(C)C)c(N)n1.Cl.Nc1ncc(CCCCCc2cn(CCNC(=O)c3c(Cl)cc(Cl)cc3Cl)nn2)[nH]1.[N-]=[N+]=NCCNC(=O)c1c(Cl)cc(Cl)cc1Cl. The molecule has 0 aliphatic carbocycles. The van der Waals surface area contributed by atoms with Crippen molar-refractivity contribution in [2.75, 3.05) is 31.1 Å². The molecule has 2 amide bonds. The highest BCUT2D eigenvalue weighted by Gasteiger charge is 2.21. The number of terminal acetylenes is 1. The van der Waals surface area contributed by atoms with Crippen LogP contribution in [0, 0.1) is 12.3 Å². The summed E-state index contributed by atoms with van der Waals surface area (Å²) in [5, 5.41) is 18.3. The molecule has 18 nitrogen and oxygen atoms in total. The van der Waals surface area contributed by atoms with Crippen LogP contribution in [0.3, 0.4) is 0 Å². The standard InChI is InChI=1S/C19H22Cl3N7O.C15H23N3O2.C9H7Cl3N4O.ClH/c20-12-8-15(21)17(16(22)9-12)18(30)24-6-7-29-11-14(27-28-29)5-3-1-2-4-13-10-25-19(23)26-13;1-5-6-7-8-9-10-12-11-18(13(16)17-12)14(19)20-15(2,3)4;10-5-3-6(11)8(7(12)4-5)9(17)14-1-2-15-16-13;/h8-11H,1-7H2,(H,24,30)(H3,23,25,26);1,11H,6-10H2,2-4H3,(H2,16,17);3-4H,1-2H2,(H,14,17);1H. The van der Waals surface area contributed by atoms with Crippen LogP contribution < -0.4 is 22.1 Å². The van der Waals surface area contributed by atoms with Crippen LogP contribution in [0.15, 0.2) is 48.0 Å². The molecule has 0 saturated heterocycles. The Bertz CT molecular complexity index is 2460. The van der Waals surface area contributed by atoms with Gasteiger partial charge in [-0.1, -0.05) is 92.8 Å². The minimum atomic E-state index is -0.552. The number of unbranched alkanes of at least 4 members (excludes halogenated alkanes) is 5. The minimum Gasteiger partial charge on any atom is -0.443 e. The number of nitrogens with one attached hydrogen (secondary N) is 3. The summed E-state index contributed by atoms with van der Waals surface area (Å²) in [7, 11) is 0. The number of aromatic nitrogens is 7. The highest BCUT2D eigenvalue weighted by Crippen LogP contribution is 2.30. The minimum absolute atomic E-state index is 0. The van der Waals surface area contributed by atoms with Crippen molar-refractivity contribution in [3.63, 3.8) is 0 Å². The number of halogens is 7. The zero-order chi connectivity index (χ0) is 49.5. The second kappa shape index (κ2) is 30.4. The van der Waals surface area contributed by atoms with Gasteiger partial charge >= 0.3 is 6.09 Å². The number of carbonyl (C=O) groups is 3. The molecule has 0 fully saturated rings. The van der Waals surface area contributed by atoms with E-state index in [1.807, 2.05) is 27.0 Å². The molecule has 68 heavy (non-hydrogen) atoms. The third kappa shape index (κ3) is 21.5. The quantitative estimate of drug-likeness (QED) is 0.0172. The number of aromatic amines is 1. The normalized spacial score (nSPS) is 10.5. The van der Waals surface area contributed by atoms with E-state index in [1.165, 1.54) is 28.8 Å². The summed E-state index contributed by atoms with van der Waals surface area (Å²) in [6.07, 6.45) is 19.6. The first kappa shape index (κ1) is 59.0. The Hall–Kier alpha value is -5.09. The number of imidazole rings is 2. The van der Waals surface area contributed by atoms with Gasteiger partial charge in [0.2, 0.25) is 5.95 Å². The largest absolute Gasteiger partial charge is 0.443 e. The maximum atomic E-state index is 12.3. The number of carbonyl (C=O) groups excluding carboxylic acids is 3. The number of nitrogens with two attached hydrogens (primary N) is 2. The highest BCUT2D eigenvalue weighted by molar-refractivity contribution is 6.43. The van der Waals surface area contributed by atoms with E-state index >= 15 is 0 Å². The van der Waals surface area contributed by atoms with Gasteiger partial charge in [0, 0.05) is 59.1 Å². The first-order valence-corrected chi connectivity index (χ1v) is 23.1. The van der Waals surface area contributed by atoms with E-state index in [1.54, 1.807) is 17.1 Å². The van der Waals surface area contributed by atoms with Gasteiger partial charge < -0.3 is 31.8 Å². The predicted molar refractivity (Wildman–Crippen MR) is 272 cm³/mol. The van der Waals surface area contributed by atoms with Gasteiger partial charge in [-0.05, 0) is 95.5 Å². The van der Waals surface area contributed by atoms with Gasteiger partial charge in [-0.25, -0.2) is 19.3 Å². The summed E-state index contributed by atoms with van der Waals surface area (Å²) in [6.45, 7) is 6.65. The second-order valence-electron chi connectivity index (χ2n) is 15.5. The Kier molecular flexibility index (Phi) is 26.4. The summed E-state index contributed by atoms with van der Waals surface area (Å²) in [6, 6.07) is 5.82. The number of benzene rings is 2. The Morgan fingerprint density at radius 2 is 1.38 bits per heavy atom. The van der Waals surface area contributed by atoms with Crippen molar-refractivity contribution in [3.8, 4) is 12.3 Å². The Morgan fingerprint density at radius 1 is 0.838 bits per heavy atom. The summed E-state index contributed by atoms with van der Waals surface area (Å²) in [5.74, 6) is 2.44. The lowest BCUT2D eigenvalue weighted by Gasteiger charge is -2.19. The van der Waals surface area contributed by atoms with Gasteiger partial charge in [0.1, 0.15) is 5.60 Å². The molecule has 0 aliphatic rings. The Morgan fingerprint density at radius 3 is 1.91 bits per heavy atom. The monoisotopic (exact) mass is 1070 g/mol. The van der Waals surface area contributed by atoms with Crippen LogP contribution in [0.5, 0.6) is 0 Å². The fourth-order valence-electron chi connectivity index (χ4n) is 5.84. The number of nitrogen functional groups attached to an aromatic ring is 2. The van der Waals surface area contributed by atoms with E-state index in [4.69, 9.17) is 97.8 Å². The van der Waals surface area contributed by atoms with Gasteiger partial charge in [-0.15, -0.1) is 29.8 Å². The van der Waals surface area contributed by atoms with E-state index in [2.05, 4.69) is 51.8 Å². The van der Waals surface area contributed by atoms with E-state index in [0.717, 1.165) is 81.3 Å². The van der Waals surface area contributed by atoms with Crippen LogP contribution in [-0.4, -0.2) is 77.7 Å². The van der Waals surface area contributed by atoms with E-state index in [0.29, 0.717) is 29.1 Å². The van der Waals surface area contributed by atoms with Crippen LogP contribution >= 0.6 is 82.0 Å². The second-order valence-corrected chi connectivity index (χ2v) is 18.0. The highest BCUT2D eigenvalue weighted by atomic mass is 35.5. The fraction of sp³-hybridized carbons (Fsp3) is 0.419. The number of hydrogen-bond donors (Lipinski definition) is 5. The number of rotatable bonds is 19. The number of ether oxygens (including phenoxy) is 1. The number of amides is 2. The lowest BCUT2D eigenvalue weighted by Crippen LogP contribution is -2.28. The third-order valence-electron chi connectivity index (χ3n) is 8.90. The van der Waals surface area contributed by atoms with E-state index < -0.39 is 17.6 Å². The van der Waals surface area contributed by atoms with Crippen LogP contribution in [-0.2, 0) is 30.5 Å². The maximum absolute atomic E-state index is 12.3. The molecule has 0 aliphatic heterocycles. The Balaban J connectivity index is 0.000000366. The van der Waals surface area contributed by atoms with E-state index in [9.17, 15) is 14.4 Å². The third-order valence-corrected chi connectivity index (χ3v) is 10.5. The van der Waals surface area contributed by atoms with Gasteiger partial charge in [0.15, 0.2) is 5.95 Å². The van der Waals surface area contributed by atoms with Crippen molar-refractivity contribution >= 4 is 112 Å². The number of aryl methyl sites for hydroxylation is 3. The number of nitrogens with zero attached hydrogens (tertiary/aromatic N) is 9. The first-order chi connectivity index (χ1) is 31.8. The number of H-pyrrole nitrogens is 1. The molecule has 5 rings (SSSR count). The van der Waals surface area contributed by atoms with Crippen LogP contribution in [0.25, 0.3) is 10.4 Å². The topological polar surface area (TPSA) is 263 Å². The van der Waals surface area contributed by atoms with Crippen LogP contribution in [0.4, 0.5) is 16.7 Å². The zero-order valence-electron chi connectivity index (χ0n) is 37.5. The maximum Gasteiger partial charge on any atom is 0.421 e. The van der Waals surface area contributed by atoms with Gasteiger partial charge in [0.05, 0.1) is 55.3 Å². The van der Waals surface area contributed by atoms with Gasteiger partial charge in [-0.3, -0.25) is 14.3 Å². The molecular weight excluding hydrogens is 1020 g/mol. The van der Waals surface area contributed by atoms with Gasteiger partial charge in [-0.2, -0.15) is 0 Å². The van der Waals surface area contributed by atoms with Crippen LogP contribution in [0.1, 0.15) is 104 Å². The fourth-order valence-corrected chi connectivity index (χ4v) is 7.82. The Labute approximate surface area is 430 Å². The lowest BCUT2D eigenvalue weighted by molar-refractivity contribution is 0.0540. The molecule has 368 valence electrons. The van der Waals surface area contributed by atoms with Crippen molar-refractivity contribution in [1.29, 1.82) is 0 Å². The smallest absolute Gasteiger partial charge is 0.421 e. The summed E-state index contributed by atoms with van der Waals surface area (Å²) in [5.41, 5.74) is 21.9. The van der Waals surface area contributed by atoms with Crippen LogP contribution in [0.2, 0.25) is 30.1 Å². The van der Waals surface area contributed by atoms with Crippen molar-refractivity contribution in [1.82, 2.24) is 45.1 Å². The molecular formula is C43H53Cl7N14O4. The molecule has 3 heterocycles. The molecule has 0 bridgehead atoms. The number of azide groups is 1. The molecule has 0 unspecified atom stereocenters.